The lowest BCUT2D eigenvalue weighted by molar-refractivity contribution is -0.141. The number of nitrogens with zero attached hydrogens (tertiary/aromatic N) is 1. The molecule has 4 nitrogen and oxygen atoms in total. The Bertz CT molecular complexity index is 579. The van der Waals surface area contributed by atoms with E-state index >= 15 is 0 Å². The van der Waals surface area contributed by atoms with Crippen LogP contribution in [0.4, 0.5) is 0 Å². The van der Waals surface area contributed by atoms with Crippen LogP contribution in [-0.2, 0) is 16.1 Å². The third-order valence-corrected chi connectivity index (χ3v) is 5.18. The van der Waals surface area contributed by atoms with Crippen molar-refractivity contribution < 1.29 is 9.59 Å². The van der Waals surface area contributed by atoms with Crippen molar-refractivity contribution >= 4 is 11.8 Å². The van der Waals surface area contributed by atoms with Crippen LogP contribution in [0.25, 0.3) is 0 Å². The van der Waals surface area contributed by atoms with E-state index in [1.165, 1.54) is 19.3 Å². The summed E-state index contributed by atoms with van der Waals surface area (Å²) in [5.41, 5.74) is 2.25. The van der Waals surface area contributed by atoms with Crippen molar-refractivity contribution in [1.29, 1.82) is 0 Å². The number of carbonyl (C=O) groups excluding carboxylic acids is 2. The van der Waals surface area contributed by atoms with Gasteiger partial charge in [0.05, 0.1) is 0 Å². The third-order valence-electron chi connectivity index (χ3n) is 5.18. The summed E-state index contributed by atoms with van der Waals surface area (Å²) in [6.45, 7) is 6.38. The van der Waals surface area contributed by atoms with Crippen molar-refractivity contribution in [2.24, 2.45) is 0 Å². The maximum Gasteiger partial charge on any atom is 0.242 e. The van der Waals surface area contributed by atoms with E-state index in [1.54, 1.807) is 4.90 Å². The first-order valence-electron chi connectivity index (χ1n) is 9.67. The summed E-state index contributed by atoms with van der Waals surface area (Å²) >= 11 is 0. The first-order chi connectivity index (χ1) is 12.0. The number of amides is 2. The van der Waals surface area contributed by atoms with Crippen LogP contribution in [0.5, 0.6) is 0 Å². The Balaban J connectivity index is 2.08. The predicted molar refractivity (Wildman–Crippen MR) is 101 cm³/mol. The van der Waals surface area contributed by atoms with E-state index in [2.05, 4.69) is 5.32 Å². The fourth-order valence-corrected chi connectivity index (χ4v) is 3.48. The van der Waals surface area contributed by atoms with Gasteiger partial charge in [0.25, 0.3) is 0 Å². The minimum Gasteiger partial charge on any atom is -0.352 e. The topological polar surface area (TPSA) is 49.4 Å². The van der Waals surface area contributed by atoms with Crippen LogP contribution in [0.2, 0.25) is 0 Å². The van der Waals surface area contributed by atoms with Crippen LogP contribution in [0.15, 0.2) is 24.3 Å². The van der Waals surface area contributed by atoms with Gasteiger partial charge >= 0.3 is 0 Å². The lowest BCUT2D eigenvalue weighted by Crippen LogP contribution is -2.50. The van der Waals surface area contributed by atoms with E-state index in [9.17, 15) is 9.59 Å². The smallest absolute Gasteiger partial charge is 0.242 e. The molecule has 0 unspecified atom stereocenters. The molecule has 1 aliphatic rings. The molecule has 0 saturated heterocycles. The molecule has 1 aliphatic carbocycles. The largest absolute Gasteiger partial charge is 0.352 e. The van der Waals surface area contributed by atoms with Gasteiger partial charge in [0.2, 0.25) is 11.8 Å². The summed E-state index contributed by atoms with van der Waals surface area (Å²) in [7, 11) is 0. The van der Waals surface area contributed by atoms with E-state index in [0.717, 1.165) is 30.4 Å². The van der Waals surface area contributed by atoms with E-state index in [-0.39, 0.29) is 17.9 Å². The highest BCUT2D eigenvalue weighted by Gasteiger charge is 2.27. The average molecular weight is 344 g/mol. The fourth-order valence-electron chi connectivity index (χ4n) is 3.48. The summed E-state index contributed by atoms with van der Waals surface area (Å²) < 4.78 is 0. The first kappa shape index (κ1) is 19.5. The number of hydrogen-bond donors (Lipinski definition) is 1. The Hall–Kier alpha value is -1.84. The highest BCUT2D eigenvalue weighted by molar-refractivity contribution is 5.87. The highest BCUT2D eigenvalue weighted by atomic mass is 16.2. The quantitative estimate of drug-likeness (QED) is 0.814. The zero-order valence-corrected chi connectivity index (χ0v) is 15.9. The second kappa shape index (κ2) is 9.59. The Morgan fingerprint density at radius 3 is 2.52 bits per heavy atom. The van der Waals surface area contributed by atoms with Crippen LogP contribution in [0.3, 0.4) is 0 Å². The normalized spacial score (nSPS) is 16.3. The van der Waals surface area contributed by atoms with Crippen molar-refractivity contribution in [1.82, 2.24) is 10.2 Å². The van der Waals surface area contributed by atoms with Crippen molar-refractivity contribution in [3.05, 3.63) is 35.4 Å². The van der Waals surface area contributed by atoms with Crippen molar-refractivity contribution in [3.8, 4) is 0 Å². The van der Waals surface area contributed by atoms with Gasteiger partial charge in [-0.1, -0.05) is 50.5 Å². The van der Waals surface area contributed by atoms with E-state index in [1.807, 2.05) is 45.0 Å². The Morgan fingerprint density at radius 1 is 1.20 bits per heavy atom. The molecule has 0 aliphatic heterocycles. The van der Waals surface area contributed by atoms with E-state index < -0.39 is 6.04 Å². The zero-order valence-electron chi connectivity index (χ0n) is 15.9. The SMILES string of the molecule is CCCC(=O)N(Cc1ccccc1C)[C@@H](C)C(=O)NC1CCCCC1. The summed E-state index contributed by atoms with van der Waals surface area (Å²) in [6.07, 6.45) is 7.00. The zero-order chi connectivity index (χ0) is 18.2. The summed E-state index contributed by atoms with van der Waals surface area (Å²) in [5, 5.41) is 3.16. The minimum atomic E-state index is -0.444. The van der Waals surface area contributed by atoms with Crippen molar-refractivity contribution in [3.63, 3.8) is 0 Å². The summed E-state index contributed by atoms with van der Waals surface area (Å²) in [5.74, 6) is 0.0296. The van der Waals surface area contributed by atoms with Crippen molar-refractivity contribution in [2.45, 2.75) is 84.3 Å². The van der Waals surface area contributed by atoms with E-state index in [0.29, 0.717) is 13.0 Å². The third kappa shape index (κ3) is 5.58. The molecule has 138 valence electrons. The van der Waals surface area contributed by atoms with Gasteiger partial charge in [-0.2, -0.15) is 0 Å². The predicted octanol–water partition coefficient (Wildman–Crippen LogP) is 3.96. The molecule has 1 atom stereocenters. The maximum absolute atomic E-state index is 12.7. The van der Waals surface area contributed by atoms with Gasteiger partial charge in [-0.05, 0) is 44.2 Å². The molecule has 0 bridgehead atoms. The molecule has 0 aromatic heterocycles. The maximum atomic E-state index is 12.7. The molecular weight excluding hydrogens is 312 g/mol. The molecular formula is C21H32N2O2. The number of nitrogens with one attached hydrogen (secondary N) is 1. The number of carbonyl (C=O) groups is 2. The van der Waals surface area contributed by atoms with Crippen LogP contribution >= 0.6 is 0 Å². The standard InChI is InChI=1S/C21H32N2O2/c1-4-10-20(24)23(15-18-12-9-8-11-16(18)2)17(3)21(25)22-19-13-6-5-7-14-19/h8-9,11-12,17,19H,4-7,10,13-15H2,1-3H3,(H,22,25)/t17-/m0/s1. The fraction of sp³-hybridized carbons (Fsp3) is 0.619. The molecule has 2 amide bonds. The number of aryl methyl sites for hydroxylation is 1. The monoisotopic (exact) mass is 344 g/mol. The molecule has 1 aromatic rings. The molecule has 1 saturated carbocycles. The van der Waals surface area contributed by atoms with Gasteiger partial charge < -0.3 is 10.2 Å². The second-order valence-electron chi connectivity index (χ2n) is 7.22. The van der Waals surface area contributed by atoms with Crippen LogP contribution in [-0.4, -0.2) is 28.8 Å². The lowest BCUT2D eigenvalue weighted by atomic mass is 9.95. The number of rotatable bonds is 7. The first-order valence-corrected chi connectivity index (χ1v) is 9.67. The van der Waals surface area contributed by atoms with E-state index in [4.69, 9.17) is 0 Å². The van der Waals surface area contributed by atoms with Gasteiger partial charge in [-0.15, -0.1) is 0 Å². The Kier molecular flexibility index (Phi) is 7.48. The molecule has 4 heteroatoms. The molecule has 1 N–H and O–H groups in total. The highest BCUT2D eigenvalue weighted by Crippen LogP contribution is 2.19. The molecule has 0 heterocycles. The average Bonchev–Trinajstić information content (AvgIpc) is 2.61. The second-order valence-corrected chi connectivity index (χ2v) is 7.22. The number of benzene rings is 1. The van der Waals surface area contributed by atoms with Crippen LogP contribution < -0.4 is 5.32 Å². The van der Waals surface area contributed by atoms with Gasteiger partial charge in [0, 0.05) is 19.0 Å². The molecule has 0 radical (unpaired) electrons. The Labute approximate surface area is 152 Å². The van der Waals surface area contributed by atoms with Gasteiger partial charge in [0.15, 0.2) is 0 Å². The lowest BCUT2D eigenvalue weighted by Gasteiger charge is -2.31. The molecule has 1 aromatic carbocycles. The molecule has 0 spiro atoms. The summed E-state index contributed by atoms with van der Waals surface area (Å²) in [6, 6.07) is 7.89. The van der Waals surface area contributed by atoms with Crippen LogP contribution in [0, 0.1) is 6.92 Å². The van der Waals surface area contributed by atoms with Gasteiger partial charge in [-0.25, -0.2) is 0 Å². The molecule has 25 heavy (non-hydrogen) atoms. The van der Waals surface area contributed by atoms with Gasteiger partial charge in [-0.3, -0.25) is 9.59 Å². The molecule has 2 rings (SSSR count). The summed E-state index contributed by atoms with van der Waals surface area (Å²) in [4.78, 5) is 27.1. The van der Waals surface area contributed by atoms with Crippen LogP contribution in [0.1, 0.15) is 69.9 Å². The molecule has 1 fully saturated rings. The van der Waals surface area contributed by atoms with Crippen molar-refractivity contribution in [2.75, 3.05) is 0 Å². The Morgan fingerprint density at radius 2 is 1.88 bits per heavy atom. The minimum absolute atomic E-state index is 0.0232. The number of hydrogen-bond acceptors (Lipinski definition) is 2. The van der Waals surface area contributed by atoms with Gasteiger partial charge in [0.1, 0.15) is 6.04 Å².